The normalized spacial score (nSPS) is 20.8. The van der Waals surface area contributed by atoms with Crippen LogP contribution >= 0.6 is 0 Å². The number of pyridine rings is 1. The molecule has 2 rings (SSSR count). The van der Waals surface area contributed by atoms with Crippen molar-refractivity contribution in [1.29, 1.82) is 5.26 Å². The van der Waals surface area contributed by atoms with Crippen molar-refractivity contribution in [2.75, 3.05) is 0 Å². The molecule has 1 aliphatic rings. The summed E-state index contributed by atoms with van der Waals surface area (Å²) in [7, 11) is -0.748. The van der Waals surface area contributed by atoms with Gasteiger partial charge in [0.2, 0.25) is 5.95 Å². The molecule has 1 aliphatic heterocycles. The number of hydrogen-bond acceptors (Lipinski definition) is 4. The molecule has 0 N–H and O–H groups in total. The van der Waals surface area contributed by atoms with Crippen LogP contribution in [0.2, 0.25) is 0 Å². The average Bonchev–Trinajstić information content (AvgIpc) is 2.47. The van der Waals surface area contributed by atoms with Crippen LogP contribution in [0, 0.1) is 17.3 Å². The summed E-state index contributed by atoms with van der Waals surface area (Å²) >= 11 is 0. The van der Waals surface area contributed by atoms with Crippen LogP contribution in [-0.2, 0) is 9.31 Å². The first-order valence-electron chi connectivity index (χ1n) is 5.68. The molecule has 2 heterocycles. The molecule has 1 aromatic heterocycles. The van der Waals surface area contributed by atoms with Gasteiger partial charge in [0.1, 0.15) is 11.6 Å². The Morgan fingerprint density at radius 3 is 2.33 bits per heavy atom. The molecular weight excluding hydrogens is 234 g/mol. The SMILES string of the molecule is CC1(C)OB(c2ccnc(F)c2C#N)OC1(C)C. The third-order valence-electron chi connectivity index (χ3n) is 3.56. The molecule has 0 spiro atoms. The highest BCUT2D eigenvalue weighted by molar-refractivity contribution is 6.62. The highest BCUT2D eigenvalue weighted by atomic mass is 19.1. The summed E-state index contributed by atoms with van der Waals surface area (Å²) in [5.74, 6) is -0.801. The summed E-state index contributed by atoms with van der Waals surface area (Å²) in [6.45, 7) is 7.60. The predicted molar refractivity (Wildman–Crippen MR) is 64.6 cm³/mol. The van der Waals surface area contributed by atoms with Crippen molar-refractivity contribution in [3.8, 4) is 6.07 Å². The fraction of sp³-hybridized carbons (Fsp3) is 0.500. The zero-order valence-electron chi connectivity index (χ0n) is 10.8. The molecule has 1 aromatic rings. The Morgan fingerprint density at radius 1 is 1.28 bits per heavy atom. The molecule has 0 atom stereocenters. The van der Waals surface area contributed by atoms with Crippen molar-refractivity contribution in [3.05, 3.63) is 23.8 Å². The minimum absolute atomic E-state index is 0.129. The number of hydrogen-bond donors (Lipinski definition) is 0. The minimum Gasteiger partial charge on any atom is -0.399 e. The number of nitrogens with zero attached hydrogens (tertiary/aromatic N) is 2. The second-order valence-electron chi connectivity index (χ2n) is 5.27. The van der Waals surface area contributed by atoms with Gasteiger partial charge in [-0.1, -0.05) is 0 Å². The van der Waals surface area contributed by atoms with E-state index in [0.717, 1.165) is 0 Å². The highest BCUT2D eigenvalue weighted by Crippen LogP contribution is 2.36. The third-order valence-corrected chi connectivity index (χ3v) is 3.56. The second-order valence-corrected chi connectivity index (χ2v) is 5.27. The first-order chi connectivity index (χ1) is 8.28. The van der Waals surface area contributed by atoms with E-state index in [1.165, 1.54) is 6.20 Å². The first-order valence-corrected chi connectivity index (χ1v) is 5.68. The van der Waals surface area contributed by atoms with Crippen molar-refractivity contribution >= 4 is 12.6 Å². The van der Waals surface area contributed by atoms with Gasteiger partial charge < -0.3 is 9.31 Å². The maximum absolute atomic E-state index is 13.4. The van der Waals surface area contributed by atoms with Gasteiger partial charge in [-0.05, 0) is 33.8 Å². The van der Waals surface area contributed by atoms with Crippen LogP contribution in [0.15, 0.2) is 12.3 Å². The van der Waals surface area contributed by atoms with Gasteiger partial charge in [-0.15, -0.1) is 0 Å². The Balaban J connectivity index is 2.42. The fourth-order valence-electron chi connectivity index (χ4n) is 1.73. The lowest BCUT2D eigenvalue weighted by Crippen LogP contribution is -2.41. The van der Waals surface area contributed by atoms with Crippen molar-refractivity contribution in [3.63, 3.8) is 0 Å². The molecule has 1 fully saturated rings. The van der Waals surface area contributed by atoms with E-state index in [0.29, 0.717) is 5.46 Å². The monoisotopic (exact) mass is 248 g/mol. The molecule has 0 saturated carbocycles. The van der Waals surface area contributed by atoms with Crippen molar-refractivity contribution in [2.45, 2.75) is 38.9 Å². The third kappa shape index (κ3) is 1.90. The lowest BCUT2D eigenvalue weighted by Gasteiger charge is -2.32. The summed E-state index contributed by atoms with van der Waals surface area (Å²) in [5.41, 5.74) is -0.798. The molecule has 0 radical (unpaired) electrons. The summed E-state index contributed by atoms with van der Waals surface area (Å²) in [6.07, 6.45) is 1.30. The maximum Gasteiger partial charge on any atom is 0.496 e. The van der Waals surface area contributed by atoms with Gasteiger partial charge in [0.25, 0.3) is 0 Å². The van der Waals surface area contributed by atoms with Crippen molar-refractivity contribution < 1.29 is 13.7 Å². The summed E-state index contributed by atoms with van der Waals surface area (Å²) in [4.78, 5) is 3.45. The molecule has 0 aromatic carbocycles. The molecule has 0 bridgehead atoms. The summed E-state index contributed by atoms with van der Waals surface area (Å²) in [5, 5.41) is 8.98. The first kappa shape index (κ1) is 13.0. The highest BCUT2D eigenvalue weighted by Gasteiger charge is 2.52. The van der Waals surface area contributed by atoms with Gasteiger partial charge in [0.15, 0.2) is 0 Å². The molecule has 0 amide bonds. The zero-order valence-corrected chi connectivity index (χ0v) is 10.8. The Labute approximate surface area is 106 Å². The molecule has 1 saturated heterocycles. The molecule has 0 aliphatic carbocycles. The van der Waals surface area contributed by atoms with Crippen LogP contribution in [-0.4, -0.2) is 23.3 Å². The molecular formula is C12H14BFN2O2. The Hall–Kier alpha value is -1.45. The summed E-state index contributed by atoms with van der Waals surface area (Å²) in [6, 6.07) is 3.34. The average molecular weight is 248 g/mol. The molecule has 0 unspecified atom stereocenters. The number of aromatic nitrogens is 1. The molecule has 94 valence electrons. The Kier molecular flexibility index (Phi) is 2.92. The van der Waals surface area contributed by atoms with Gasteiger partial charge in [-0.25, -0.2) is 4.98 Å². The van der Waals surface area contributed by atoms with E-state index in [2.05, 4.69) is 4.98 Å². The van der Waals surface area contributed by atoms with Crippen LogP contribution in [0.4, 0.5) is 4.39 Å². The standard InChI is InChI=1S/C12H14BFN2O2/c1-11(2)12(3,4)18-13(17-11)9-5-6-16-10(14)8(9)7-15/h5-6H,1-4H3. The van der Waals surface area contributed by atoms with E-state index < -0.39 is 24.3 Å². The van der Waals surface area contributed by atoms with E-state index in [-0.39, 0.29) is 5.56 Å². The van der Waals surface area contributed by atoms with Crippen molar-refractivity contribution in [1.82, 2.24) is 4.98 Å². The lowest BCUT2D eigenvalue weighted by atomic mass is 9.77. The molecule has 18 heavy (non-hydrogen) atoms. The smallest absolute Gasteiger partial charge is 0.399 e. The Bertz CT molecular complexity index is 509. The fourth-order valence-corrected chi connectivity index (χ4v) is 1.73. The maximum atomic E-state index is 13.4. The second kappa shape index (κ2) is 4.04. The Morgan fingerprint density at radius 2 is 1.83 bits per heavy atom. The van der Waals surface area contributed by atoms with E-state index in [1.54, 1.807) is 12.1 Å². The van der Waals surface area contributed by atoms with Crippen LogP contribution in [0.3, 0.4) is 0 Å². The number of halogens is 1. The predicted octanol–water partition coefficient (Wildman–Crippen LogP) is 1.39. The van der Waals surface area contributed by atoms with Crippen LogP contribution in [0.5, 0.6) is 0 Å². The number of nitriles is 1. The van der Waals surface area contributed by atoms with Gasteiger partial charge in [0.05, 0.1) is 11.2 Å². The van der Waals surface area contributed by atoms with Crippen LogP contribution in [0.25, 0.3) is 0 Å². The van der Waals surface area contributed by atoms with E-state index in [9.17, 15) is 4.39 Å². The van der Waals surface area contributed by atoms with E-state index in [4.69, 9.17) is 14.6 Å². The van der Waals surface area contributed by atoms with Gasteiger partial charge in [-0.3, -0.25) is 0 Å². The lowest BCUT2D eigenvalue weighted by molar-refractivity contribution is 0.00578. The van der Waals surface area contributed by atoms with Crippen molar-refractivity contribution in [2.24, 2.45) is 0 Å². The molecule has 6 heteroatoms. The van der Waals surface area contributed by atoms with Gasteiger partial charge >= 0.3 is 7.12 Å². The van der Waals surface area contributed by atoms with E-state index in [1.807, 2.05) is 27.7 Å². The largest absolute Gasteiger partial charge is 0.496 e. The number of rotatable bonds is 1. The van der Waals surface area contributed by atoms with Gasteiger partial charge in [-0.2, -0.15) is 9.65 Å². The van der Waals surface area contributed by atoms with E-state index >= 15 is 0 Å². The zero-order chi connectivity index (χ0) is 13.6. The van der Waals surface area contributed by atoms with Crippen LogP contribution < -0.4 is 5.46 Å². The molecule has 4 nitrogen and oxygen atoms in total. The minimum atomic E-state index is -0.801. The van der Waals surface area contributed by atoms with Crippen LogP contribution in [0.1, 0.15) is 33.3 Å². The quantitative estimate of drug-likeness (QED) is 0.556. The van der Waals surface area contributed by atoms with Gasteiger partial charge in [0, 0.05) is 11.7 Å². The topological polar surface area (TPSA) is 55.1 Å². The summed E-state index contributed by atoms with van der Waals surface area (Å²) < 4.78 is 25.0.